The molecule has 0 unspecified atom stereocenters. The zero-order valence-electron chi connectivity index (χ0n) is 11.6. The molecule has 1 amide bonds. The number of hydrogen-bond donors (Lipinski definition) is 0. The van der Waals surface area contributed by atoms with Gasteiger partial charge in [0.2, 0.25) is 0 Å². The Hall–Kier alpha value is -1.75. The lowest BCUT2D eigenvalue weighted by Crippen LogP contribution is -2.49. The Kier molecular flexibility index (Phi) is 4.84. The lowest BCUT2D eigenvalue weighted by Gasteiger charge is -2.34. The van der Waals surface area contributed by atoms with Gasteiger partial charge in [0.15, 0.2) is 0 Å². The number of carbonyl (C=O) groups excluding carboxylic acids is 2. The molecule has 20 heavy (non-hydrogen) atoms. The van der Waals surface area contributed by atoms with E-state index in [1.807, 2.05) is 0 Å². The van der Waals surface area contributed by atoms with Gasteiger partial charge in [-0.15, -0.1) is 0 Å². The molecule has 0 N–H and O–H groups in total. The van der Waals surface area contributed by atoms with Crippen LogP contribution in [0.4, 0.5) is 4.39 Å². The highest BCUT2D eigenvalue weighted by Crippen LogP contribution is 2.10. The van der Waals surface area contributed by atoms with Crippen molar-refractivity contribution < 1.29 is 14.0 Å². The molecule has 1 heterocycles. The van der Waals surface area contributed by atoms with Gasteiger partial charge in [0.1, 0.15) is 11.6 Å². The Balaban J connectivity index is 1.85. The second-order valence-electron chi connectivity index (χ2n) is 5.09. The number of benzene rings is 1. The number of rotatable bonds is 4. The van der Waals surface area contributed by atoms with E-state index in [2.05, 4.69) is 4.90 Å². The van der Waals surface area contributed by atoms with Crippen LogP contribution < -0.4 is 0 Å². The van der Waals surface area contributed by atoms with Crippen LogP contribution in [-0.2, 0) is 4.79 Å². The van der Waals surface area contributed by atoms with Crippen LogP contribution in [0.1, 0.15) is 23.7 Å². The van der Waals surface area contributed by atoms with Crippen LogP contribution in [0.2, 0.25) is 0 Å². The van der Waals surface area contributed by atoms with Crippen LogP contribution >= 0.6 is 0 Å². The summed E-state index contributed by atoms with van der Waals surface area (Å²) in [6.07, 6.45) is 0.561. The third kappa shape index (κ3) is 3.87. The summed E-state index contributed by atoms with van der Waals surface area (Å²) < 4.78 is 12.8. The highest BCUT2D eigenvalue weighted by Gasteiger charge is 2.21. The van der Waals surface area contributed by atoms with E-state index in [1.165, 1.54) is 24.3 Å². The van der Waals surface area contributed by atoms with Gasteiger partial charge in [-0.3, -0.25) is 14.5 Å². The Morgan fingerprint density at radius 1 is 1.10 bits per heavy atom. The zero-order valence-corrected chi connectivity index (χ0v) is 11.6. The van der Waals surface area contributed by atoms with E-state index in [0.717, 1.165) is 19.6 Å². The first-order valence-electron chi connectivity index (χ1n) is 6.83. The quantitative estimate of drug-likeness (QED) is 0.839. The number of amides is 1. The molecule has 108 valence electrons. The lowest BCUT2D eigenvalue weighted by atomic mass is 10.1. The fraction of sp³-hybridized carbons (Fsp3) is 0.467. The molecule has 0 spiro atoms. The van der Waals surface area contributed by atoms with E-state index in [-0.39, 0.29) is 17.5 Å². The van der Waals surface area contributed by atoms with Crippen molar-refractivity contribution in [3.63, 3.8) is 0 Å². The van der Waals surface area contributed by atoms with Crippen molar-refractivity contribution in [2.45, 2.75) is 13.3 Å². The summed E-state index contributed by atoms with van der Waals surface area (Å²) in [4.78, 5) is 27.1. The Labute approximate surface area is 118 Å². The number of nitrogens with zero attached hydrogens (tertiary/aromatic N) is 2. The average molecular weight is 278 g/mol. The molecule has 0 aliphatic carbocycles. The van der Waals surface area contributed by atoms with Gasteiger partial charge in [-0.1, -0.05) is 0 Å². The van der Waals surface area contributed by atoms with Crippen LogP contribution in [-0.4, -0.2) is 54.2 Å². The summed E-state index contributed by atoms with van der Waals surface area (Å²) >= 11 is 0. The van der Waals surface area contributed by atoms with Crippen molar-refractivity contribution in [2.75, 3.05) is 32.7 Å². The predicted molar refractivity (Wildman–Crippen MR) is 74.0 cm³/mol. The van der Waals surface area contributed by atoms with E-state index >= 15 is 0 Å². The molecule has 2 rings (SSSR count). The normalized spacial score (nSPS) is 16.2. The number of halogens is 1. The molecular formula is C15H19FN2O2. The van der Waals surface area contributed by atoms with Gasteiger partial charge in [-0.25, -0.2) is 4.39 Å². The fourth-order valence-corrected chi connectivity index (χ4v) is 2.27. The van der Waals surface area contributed by atoms with Crippen molar-refractivity contribution >= 4 is 11.7 Å². The first kappa shape index (κ1) is 14.7. The van der Waals surface area contributed by atoms with Crippen molar-refractivity contribution in [1.29, 1.82) is 0 Å². The van der Waals surface area contributed by atoms with E-state index < -0.39 is 0 Å². The molecule has 0 saturated carbocycles. The number of ketones is 1. The smallest absolute Gasteiger partial charge is 0.253 e. The number of hydrogen-bond acceptors (Lipinski definition) is 3. The average Bonchev–Trinajstić information content (AvgIpc) is 2.46. The second kappa shape index (κ2) is 6.61. The second-order valence-corrected chi connectivity index (χ2v) is 5.09. The first-order chi connectivity index (χ1) is 9.56. The maximum Gasteiger partial charge on any atom is 0.253 e. The molecule has 1 aromatic carbocycles. The summed E-state index contributed by atoms with van der Waals surface area (Å²) in [5, 5.41) is 0. The summed E-state index contributed by atoms with van der Waals surface area (Å²) in [7, 11) is 0. The van der Waals surface area contributed by atoms with Crippen molar-refractivity contribution in [1.82, 2.24) is 9.80 Å². The summed E-state index contributed by atoms with van der Waals surface area (Å²) in [6, 6.07) is 5.63. The minimum atomic E-state index is -0.337. The Morgan fingerprint density at radius 2 is 1.70 bits per heavy atom. The minimum Gasteiger partial charge on any atom is -0.336 e. The van der Waals surface area contributed by atoms with Gasteiger partial charge < -0.3 is 4.90 Å². The standard InChI is InChI=1S/C15H19FN2O2/c1-12(19)6-7-17-8-10-18(11-9-17)15(20)13-2-4-14(16)5-3-13/h2-5H,6-11H2,1H3. The number of piperazine rings is 1. The molecule has 1 saturated heterocycles. The molecule has 1 aliphatic heterocycles. The van der Waals surface area contributed by atoms with Crippen LogP contribution in [0.3, 0.4) is 0 Å². The molecule has 1 aliphatic rings. The molecular weight excluding hydrogens is 259 g/mol. The SMILES string of the molecule is CC(=O)CCN1CCN(C(=O)c2ccc(F)cc2)CC1. The molecule has 1 fully saturated rings. The van der Waals surface area contributed by atoms with E-state index in [0.29, 0.717) is 25.1 Å². The monoisotopic (exact) mass is 278 g/mol. The summed E-state index contributed by atoms with van der Waals surface area (Å²) in [5.41, 5.74) is 0.517. The van der Waals surface area contributed by atoms with Gasteiger partial charge >= 0.3 is 0 Å². The molecule has 4 nitrogen and oxygen atoms in total. The predicted octanol–water partition coefficient (Wildman–Crippen LogP) is 1.56. The van der Waals surface area contributed by atoms with Crippen molar-refractivity contribution in [3.05, 3.63) is 35.6 Å². The molecule has 0 bridgehead atoms. The van der Waals surface area contributed by atoms with Gasteiger partial charge in [0.25, 0.3) is 5.91 Å². The third-order valence-corrected chi connectivity index (χ3v) is 3.53. The minimum absolute atomic E-state index is 0.0591. The maximum atomic E-state index is 12.8. The highest BCUT2D eigenvalue weighted by atomic mass is 19.1. The zero-order chi connectivity index (χ0) is 14.5. The van der Waals surface area contributed by atoms with Crippen LogP contribution in [0, 0.1) is 5.82 Å². The Morgan fingerprint density at radius 3 is 2.25 bits per heavy atom. The molecule has 0 atom stereocenters. The lowest BCUT2D eigenvalue weighted by molar-refractivity contribution is -0.117. The largest absolute Gasteiger partial charge is 0.336 e. The van der Waals surface area contributed by atoms with Crippen LogP contribution in [0.5, 0.6) is 0 Å². The van der Waals surface area contributed by atoms with Crippen LogP contribution in [0.15, 0.2) is 24.3 Å². The summed E-state index contributed by atoms with van der Waals surface area (Å²) in [5.74, 6) is -0.207. The number of Topliss-reactive ketones (excluding diaryl/α,β-unsaturated/α-hetero) is 1. The van der Waals surface area contributed by atoms with Crippen molar-refractivity contribution in [3.8, 4) is 0 Å². The topological polar surface area (TPSA) is 40.6 Å². The van der Waals surface area contributed by atoms with Crippen LogP contribution in [0.25, 0.3) is 0 Å². The summed E-state index contributed by atoms with van der Waals surface area (Å²) in [6.45, 7) is 5.20. The highest BCUT2D eigenvalue weighted by molar-refractivity contribution is 5.94. The van der Waals surface area contributed by atoms with Gasteiger partial charge in [0.05, 0.1) is 0 Å². The van der Waals surface area contributed by atoms with E-state index in [9.17, 15) is 14.0 Å². The van der Waals surface area contributed by atoms with Gasteiger partial charge in [0, 0.05) is 44.7 Å². The van der Waals surface area contributed by atoms with Gasteiger partial charge in [-0.05, 0) is 31.2 Å². The Bertz CT molecular complexity index is 479. The van der Waals surface area contributed by atoms with Crippen molar-refractivity contribution in [2.24, 2.45) is 0 Å². The molecule has 5 heteroatoms. The van der Waals surface area contributed by atoms with E-state index in [4.69, 9.17) is 0 Å². The fourth-order valence-electron chi connectivity index (χ4n) is 2.27. The molecule has 1 aromatic rings. The molecule has 0 aromatic heterocycles. The molecule has 0 radical (unpaired) electrons. The first-order valence-corrected chi connectivity index (χ1v) is 6.83. The third-order valence-electron chi connectivity index (χ3n) is 3.53. The number of carbonyl (C=O) groups is 2. The van der Waals surface area contributed by atoms with E-state index in [1.54, 1.807) is 11.8 Å². The van der Waals surface area contributed by atoms with Gasteiger partial charge in [-0.2, -0.15) is 0 Å². The maximum absolute atomic E-state index is 12.8.